The lowest BCUT2D eigenvalue weighted by atomic mass is 10.0. The number of aryl methyl sites for hydroxylation is 2. The summed E-state index contributed by atoms with van der Waals surface area (Å²) < 4.78 is 0. The van der Waals surface area contributed by atoms with Crippen molar-refractivity contribution in [2.24, 2.45) is 0 Å². The van der Waals surface area contributed by atoms with Crippen LogP contribution in [0.25, 0.3) is 0 Å². The molecular weight excluding hydrogens is 234 g/mol. The molecule has 2 N–H and O–H groups in total. The van der Waals surface area contributed by atoms with Gasteiger partial charge < -0.3 is 10.4 Å². The van der Waals surface area contributed by atoms with E-state index < -0.39 is 0 Å². The molecule has 0 aliphatic rings. The Hall–Kier alpha value is -1.80. The van der Waals surface area contributed by atoms with Crippen LogP contribution in [-0.2, 0) is 6.54 Å². The number of hydrogen-bond donors (Lipinski definition) is 2. The van der Waals surface area contributed by atoms with Crippen molar-refractivity contribution in [2.75, 3.05) is 0 Å². The lowest BCUT2D eigenvalue weighted by molar-refractivity contribution is 0.456. The topological polar surface area (TPSA) is 32.3 Å². The highest BCUT2D eigenvalue weighted by atomic mass is 16.3. The van der Waals surface area contributed by atoms with Crippen molar-refractivity contribution < 1.29 is 5.11 Å². The van der Waals surface area contributed by atoms with E-state index in [0.29, 0.717) is 12.3 Å². The fourth-order valence-corrected chi connectivity index (χ4v) is 2.18. The van der Waals surface area contributed by atoms with Crippen LogP contribution in [0.15, 0.2) is 42.5 Å². The van der Waals surface area contributed by atoms with Gasteiger partial charge in [0, 0.05) is 18.2 Å². The van der Waals surface area contributed by atoms with Gasteiger partial charge in [-0.1, -0.05) is 48.0 Å². The molecule has 0 radical (unpaired) electrons. The molecule has 2 aromatic carbocycles. The Labute approximate surface area is 115 Å². The molecule has 0 amide bonds. The fraction of sp³-hybridized carbons (Fsp3) is 0.294. The number of aromatic hydroxyl groups is 1. The van der Waals surface area contributed by atoms with Crippen LogP contribution in [0.3, 0.4) is 0 Å². The second kappa shape index (κ2) is 5.89. The third-order valence-corrected chi connectivity index (χ3v) is 3.46. The van der Waals surface area contributed by atoms with Gasteiger partial charge in [-0.05, 0) is 31.9 Å². The lowest BCUT2D eigenvalue weighted by Crippen LogP contribution is -2.18. The van der Waals surface area contributed by atoms with E-state index in [1.807, 2.05) is 25.1 Å². The molecule has 0 heterocycles. The van der Waals surface area contributed by atoms with E-state index in [1.54, 1.807) is 0 Å². The van der Waals surface area contributed by atoms with Gasteiger partial charge in [-0.2, -0.15) is 0 Å². The van der Waals surface area contributed by atoms with Crippen molar-refractivity contribution in [3.05, 3.63) is 64.7 Å². The number of phenolic OH excluding ortho intramolecular Hbond substituents is 1. The molecule has 0 fully saturated rings. The molecule has 2 heteroatoms. The van der Waals surface area contributed by atoms with Gasteiger partial charge in [0.05, 0.1) is 0 Å². The molecule has 2 aromatic rings. The zero-order chi connectivity index (χ0) is 13.8. The highest BCUT2D eigenvalue weighted by Crippen LogP contribution is 2.22. The van der Waals surface area contributed by atoms with Gasteiger partial charge in [0.15, 0.2) is 0 Å². The lowest BCUT2D eigenvalue weighted by Gasteiger charge is -2.16. The third-order valence-electron chi connectivity index (χ3n) is 3.46. The molecule has 0 aliphatic heterocycles. The molecule has 1 atom stereocenters. The molecule has 0 spiro atoms. The first kappa shape index (κ1) is 13.6. The normalized spacial score (nSPS) is 12.4. The average Bonchev–Trinajstić information content (AvgIpc) is 2.40. The van der Waals surface area contributed by atoms with Gasteiger partial charge in [-0.25, -0.2) is 0 Å². The molecule has 0 bridgehead atoms. The Bertz CT molecular complexity index is 563. The van der Waals surface area contributed by atoms with E-state index in [4.69, 9.17) is 0 Å². The molecular formula is C17H21NO. The van der Waals surface area contributed by atoms with E-state index in [9.17, 15) is 5.11 Å². The van der Waals surface area contributed by atoms with Crippen LogP contribution in [0.2, 0.25) is 0 Å². The van der Waals surface area contributed by atoms with E-state index in [2.05, 4.69) is 43.4 Å². The Morgan fingerprint density at radius 3 is 2.58 bits per heavy atom. The summed E-state index contributed by atoms with van der Waals surface area (Å²) in [7, 11) is 0. The quantitative estimate of drug-likeness (QED) is 0.869. The molecule has 0 unspecified atom stereocenters. The van der Waals surface area contributed by atoms with Gasteiger partial charge in [0.25, 0.3) is 0 Å². The van der Waals surface area contributed by atoms with Crippen molar-refractivity contribution in [2.45, 2.75) is 33.4 Å². The van der Waals surface area contributed by atoms with Gasteiger partial charge in [-0.3, -0.25) is 0 Å². The minimum atomic E-state index is 0.264. The van der Waals surface area contributed by atoms with Crippen LogP contribution in [0.1, 0.15) is 35.2 Å². The van der Waals surface area contributed by atoms with E-state index >= 15 is 0 Å². The molecule has 2 nitrogen and oxygen atoms in total. The number of benzene rings is 2. The number of rotatable bonds is 4. The predicted molar refractivity (Wildman–Crippen MR) is 79.3 cm³/mol. The van der Waals surface area contributed by atoms with Crippen LogP contribution in [-0.4, -0.2) is 5.11 Å². The summed E-state index contributed by atoms with van der Waals surface area (Å²) in [6.45, 7) is 6.83. The maximum Gasteiger partial charge on any atom is 0.122 e. The average molecular weight is 255 g/mol. The highest BCUT2D eigenvalue weighted by Gasteiger charge is 2.07. The molecule has 0 saturated carbocycles. The molecule has 0 aromatic heterocycles. The third kappa shape index (κ3) is 3.36. The summed E-state index contributed by atoms with van der Waals surface area (Å²) in [5, 5.41) is 13.4. The Kier molecular flexibility index (Phi) is 4.23. The summed E-state index contributed by atoms with van der Waals surface area (Å²) in [5.74, 6) is 0.395. The second-order valence-electron chi connectivity index (χ2n) is 5.10. The summed E-state index contributed by atoms with van der Waals surface area (Å²) in [6.07, 6.45) is 0. The largest absolute Gasteiger partial charge is 0.507 e. The van der Waals surface area contributed by atoms with Crippen molar-refractivity contribution >= 4 is 0 Å². The summed E-state index contributed by atoms with van der Waals surface area (Å²) >= 11 is 0. The Morgan fingerprint density at radius 1 is 1.11 bits per heavy atom. The maximum absolute atomic E-state index is 9.99. The van der Waals surface area contributed by atoms with E-state index in [1.165, 1.54) is 11.1 Å². The van der Waals surface area contributed by atoms with Gasteiger partial charge in [0.2, 0.25) is 0 Å². The van der Waals surface area contributed by atoms with Crippen LogP contribution in [0.5, 0.6) is 5.75 Å². The molecule has 0 saturated heterocycles. The SMILES string of the molecule is Cc1cccc([C@H](C)NCc2cccc(C)c2O)c1. The van der Waals surface area contributed by atoms with Crippen molar-refractivity contribution in [3.8, 4) is 5.75 Å². The summed E-state index contributed by atoms with van der Waals surface area (Å²) in [6, 6.07) is 14.6. The van der Waals surface area contributed by atoms with Crippen molar-refractivity contribution in [1.29, 1.82) is 0 Å². The van der Waals surface area contributed by atoms with Crippen LogP contribution in [0, 0.1) is 13.8 Å². The minimum Gasteiger partial charge on any atom is -0.507 e. The molecule has 0 aliphatic carbocycles. The van der Waals surface area contributed by atoms with Crippen LogP contribution < -0.4 is 5.32 Å². The van der Waals surface area contributed by atoms with Crippen LogP contribution >= 0.6 is 0 Å². The first-order chi connectivity index (χ1) is 9.08. The maximum atomic E-state index is 9.99. The predicted octanol–water partition coefficient (Wildman–Crippen LogP) is 3.86. The monoisotopic (exact) mass is 255 g/mol. The highest BCUT2D eigenvalue weighted by molar-refractivity contribution is 5.39. The standard InChI is InChI=1S/C17H21NO/c1-12-6-4-8-15(10-12)14(3)18-11-16-9-5-7-13(2)17(16)19/h4-10,14,18-19H,11H2,1-3H3/t14-/m0/s1. The Morgan fingerprint density at radius 2 is 1.84 bits per heavy atom. The fourth-order valence-electron chi connectivity index (χ4n) is 2.18. The number of hydrogen-bond acceptors (Lipinski definition) is 2. The zero-order valence-corrected chi connectivity index (χ0v) is 11.8. The first-order valence-electron chi connectivity index (χ1n) is 6.65. The Balaban J connectivity index is 2.04. The smallest absolute Gasteiger partial charge is 0.122 e. The van der Waals surface area contributed by atoms with Crippen LogP contribution in [0.4, 0.5) is 0 Å². The van der Waals surface area contributed by atoms with Gasteiger partial charge in [-0.15, -0.1) is 0 Å². The van der Waals surface area contributed by atoms with E-state index in [-0.39, 0.29) is 6.04 Å². The molecule has 100 valence electrons. The number of nitrogens with one attached hydrogen (secondary N) is 1. The first-order valence-corrected chi connectivity index (χ1v) is 6.65. The number of para-hydroxylation sites is 1. The molecule has 2 rings (SSSR count). The summed E-state index contributed by atoms with van der Waals surface area (Å²) in [4.78, 5) is 0. The van der Waals surface area contributed by atoms with Gasteiger partial charge >= 0.3 is 0 Å². The summed E-state index contributed by atoms with van der Waals surface area (Å²) in [5.41, 5.74) is 4.40. The van der Waals surface area contributed by atoms with Gasteiger partial charge in [0.1, 0.15) is 5.75 Å². The zero-order valence-electron chi connectivity index (χ0n) is 11.8. The molecule has 19 heavy (non-hydrogen) atoms. The number of phenols is 1. The van der Waals surface area contributed by atoms with Crippen molar-refractivity contribution in [3.63, 3.8) is 0 Å². The minimum absolute atomic E-state index is 0.264. The van der Waals surface area contributed by atoms with Crippen molar-refractivity contribution in [1.82, 2.24) is 5.32 Å². The van der Waals surface area contributed by atoms with E-state index in [0.717, 1.165) is 11.1 Å². The second-order valence-corrected chi connectivity index (χ2v) is 5.10.